The maximum Gasteiger partial charge on any atom is 0.0699 e. The highest BCUT2D eigenvalue weighted by molar-refractivity contribution is 6.25. The van der Waals surface area contributed by atoms with Gasteiger partial charge in [0.05, 0.1) is 39.8 Å². The Labute approximate surface area is 443 Å². The normalized spacial score (nSPS) is 13.9. The summed E-state index contributed by atoms with van der Waals surface area (Å²) in [6.45, 7) is 0. The first-order chi connectivity index (χ1) is 37.6. The Balaban J connectivity index is 1.08. The van der Waals surface area contributed by atoms with Gasteiger partial charge in [0.25, 0.3) is 0 Å². The molecule has 0 amide bonds. The van der Waals surface area contributed by atoms with Crippen LogP contribution in [0.4, 0.5) is 45.5 Å². The van der Waals surface area contributed by atoms with E-state index in [0.29, 0.717) is 0 Å². The largest absolute Gasteiger partial charge is 0.345 e. The summed E-state index contributed by atoms with van der Waals surface area (Å²) in [4.78, 5) is 9.70. The third kappa shape index (κ3) is 6.84. The van der Waals surface area contributed by atoms with Gasteiger partial charge >= 0.3 is 0 Å². The fraction of sp³-hybridized carbons (Fsp3) is 0.0556. The van der Waals surface area contributed by atoms with E-state index in [4.69, 9.17) is 0 Å². The van der Waals surface area contributed by atoms with Crippen molar-refractivity contribution in [3.8, 4) is 44.5 Å². The second-order valence-electron chi connectivity index (χ2n) is 20.5. The van der Waals surface area contributed by atoms with Crippen molar-refractivity contribution in [1.29, 1.82) is 0 Å². The SMILES string of the molecule is CN1C2=C(C=CCC2)N(c2ccc3c(-c4ccccc4-c4ccc5ccccc5c4)c4cc(N5c6ccccc6N(C)c6ccccc65)ccc4c(-c4ccccc4-c4ccc5ccccc5c4)c3c2)c2ccccc21. The van der Waals surface area contributed by atoms with Gasteiger partial charge in [-0.25, -0.2) is 0 Å². The van der Waals surface area contributed by atoms with Gasteiger partial charge in [-0.05, 0) is 179 Å². The lowest BCUT2D eigenvalue weighted by Gasteiger charge is -2.41. The average Bonchev–Trinajstić information content (AvgIpc) is 3.52. The van der Waals surface area contributed by atoms with E-state index in [2.05, 4.69) is 289 Å². The number of benzene rings is 12. The molecule has 2 aliphatic heterocycles. The van der Waals surface area contributed by atoms with Crippen LogP contribution >= 0.6 is 0 Å². The van der Waals surface area contributed by atoms with Crippen molar-refractivity contribution in [1.82, 2.24) is 0 Å². The van der Waals surface area contributed by atoms with Gasteiger partial charge in [-0.1, -0.05) is 176 Å². The molecule has 15 rings (SSSR count). The summed E-state index contributed by atoms with van der Waals surface area (Å²) in [5.74, 6) is 0. The van der Waals surface area contributed by atoms with E-state index in [-0.39, 0.29) is 0 Å². The minimum atomic E-state index is 0.982. The number of rotatable bonds is 6. The van der Waals surface area contributed by atoms with Crippen molar-refractivity contribution in [3.05, 3.63) is 266 Å². The van der Waals surface area contributed by atoms with Crippen LogP contribution in [-0.4, -0.2) is 14.1 Å². The Morgan fingerprint density at radius 1 is 0.316 bits per heavy atom. The van der Waals surface area contributed by atoms with Crippen molar-refractivity contribution >= 4 is 88.6 Å². The highest BCUT2D eigenvalue weighted by atomic mass is 15.3. The predicted octanol–water partition coefficient (Wildman–Crippen LogP) is 19.7. The maximum atomic E-state index is 2.51. The van der Waals surface area contributed by atoms with Gasteiger partial charge in [-0.3, -0.25) is 0 Å². The summed E-state index contributed by atoms with van der Waals surface area (Å²) in [7, 11) is 4.41. The first kappa shape index (κ1) is 43.9. The number of anilines is 8. The monoisotopic (exact) mass is 972 g/mol. The molecule has 0 atom stereocenters. The van der Waals surface area contributed by atoms with Crippen molar-refractivity contribution < 1.29 is 0 Å². The lowest BCUT2D eigenvalue weighted by atomic mass is 9.81. The van der Waals surface area contributed by atoms with Gasteiger partial charge in [-0.2, -0.15) is 0 Å². The summed E-state index contributed by atoms with van der Waals surface area (Å²) >= 11 is 0. The van der Waals surface area contributed by atoms with Crippen LogP contribution in [0.15, 0.2) is 266 Å². The minimum Gasteiger partial charge on any atom is -0.345 e. The van der Waals surface area contributed by atoms with Crippen molar-refractivity contribution in [2.75, 3.05) is 33.7 Å². The van der Waals surface area contributed by atoms with Crippen LogP contribution < -0.4 is 19.6 Å². The van der Waals surface area contributed by atoms with Crippen LogP contribution in [0, 0.1) is 0 Å². The van der Waals surface area contributed by atoms with E-state index in [9.17, 15) is 0 Å². The molecule has 0 radical (unpaired) electrons. The molecular weight excluding hydrogens is 921 g/mol. The summed E-state index contributed by atoms with van der Waals surface area (Å²) < 4.78 is 0. The van der Waals surface area contributed by atoms with E-state index in [1.54, 1.807) is 0 Å². The molecule has 4 nitrogen and oxygen atoms in total. The molecule has 0 aromatic heterocycles. The fourth-order valence-corrected chi connectivity index (χ4v) is 12.8. The second-order valence-corrected chi connectivity index (χ2v) is 20.5. The van der Waals surface area contributed by atoms with E-state index in [1.165, 1.54) is 110 Å². The van der Waals surface area contributed by atoms with Crippen LogP contribution in [0.25, 0.3) is 87.6 Å². The van der Waals surface area contributed by atoms with Gasteiger partial charge in [0, 0.05) is 31.2 Å². The number of allylic oxidation sites excluding steroid dienone is 3. The van der Waals surface area contributed by atoms with Crippen molar-refractivity contribution in [3.63, 3.8) is 0 Å². The second kappa shape index (κ2) is 17.5. The topological polar surface area (TPSA) is 13.0 Å². The molecule has 3 aliphatic rings. The van der Waals surface area contributed by atoms with Crippen LogP contribution in [0.1, 0.15) is 12.8 Å². The quantitative estimate of drug-likeness (QED) is 0.154. The molecule has 0 fully saturated rings. The molecule has 76 heavy (non-hydrogen) atoms. The molecule has 0 spiro atoms. The lowest BCUT2D eigenvalue weighted by molar-refractivity contribution is 0.849. The third-order valence-electron chi connectivity index (χ3n) is 16.3. The first-order valence-corrected chi connectivity index (χ1v) is 26.5. The van der Waals surface area contributed by atoms with E-state index in [1.807, 2.05) is 0 Å². The summed E-state index contributed by atoms with van der Waals surface area (Å²) in [6.07, 6.45) is 6.68. The van der Waals surface area contributed by atoms with Crippen LogP contribution in [-0.2, 0) is 0 Å². The first-order valence-electron chi connectivity index (χ1n) is 26.5. The molecule has 0 unspecified atom stereocenters. The molecule has 12 aromatic carbocycles. The molecule has 0 saturated heterocycles. The molecule has 12 aromatic rings. The van der Waals surface area contributed by atoms with E-state index < -0.39 is 0 Å². The predicted molar refractivity (Wildman–Crippen MR) is 323 cm³/mol. The number of hydrogen-bond acceptors (Lipinski definition) is 4. The smallest absolute Gasteiger partial charge is 0.0699 e. The Morgan fingerprint density at radius 3 is 1.24 bits per heavy atom. The average molecular weight is 973 g/mol. The Bertz CT molecular complexity index is 4380. The third-order valence-corrected chi connectivity index (χ3v) is 16.3. The molecule has 1 aliphatic carbocycles. The molecule has 0 N–H and O–H groups in total. The van der Waals surface area contributed by atoms with E-state index in [0.717, 1.165) is 47.0 Å². The zero-order valence-electron chi connectivity index (χ0n) is 42.5. The highest BCUT2D eigenvalue weighted by Gasteiger charge is 2.32. The molecule has 0 bridgehead atoms. The summed E-state index contributed by atoms with van der Waals surface area (Å²) in [5, 5.41) is 9.69. The zero-order valence-corrected chi connectivity index (χ0v) is 42.5. The number of para-hydroxylation sites is 6. The Morgan fingerprint density at radius 2 is 0.724 bits per heavy atom. The van der Waals surface area contributed by atoms with Crippen LogP contribution in [0.3, 0.4) is 0 Å². The molecular formula is C72H52N4. The number of fused-ring (bicyclic) bond motifs is 7. The van der Waals surface area contributed by atoms with Crippen molar-refractivity contribution in [2.24, 2.45) is 0 Å². The fourth-order valence-electron chi connectivity index (χ4n) is 12.8. The summed E-state index contributed by atoms with van der Waals surface area (Å²) in [5.41, 5.74) is 21.4. The van der Waals surface area contributed by atoms with Gasteiger partial charge < -0.3 is 19.6 Å². The molecule has 4 heteroatoms. The molecule has 360 valence electrons. The highest BCUT2D eigenvalue weighted by Crippen LogP contribution is 2.55. The van der Waals surface area contributed by atoms with Gasteiger partial charge in [0.15, 0.2) is 0 Å². The molecule has 2 heterocycles. The number of hydrogen-bond donors (Lipinski definition) is 0. The lowest BCUT2D eigenvalue weighted by Crippen LogP contribution is -2.32. The van der Waals surface area contributed by atoms with Crippen molar-refractivity contribution in [2.45, 2.75) is 12.8 Å². The van der Waals surface area contributed by atoms with E-state index >= 15 is 0 Å². The Kier molecular flexibility index (Phi) is 10.1. The summed E-state index contributed by atoms with van der Waals surface area (Å²) in [6, 6.07) is 90.5. The standard InChI is InChI=1S/C72H52N4/c1-73-63-27-11-15-31-67(63)75(68-32-16-12-28-64(68)73)53-39-41-59-61(45-53)71(57-25-9-7-23-55(57)51-37-35-47-19-3-5-21-49(47)43-51)60-42-40-54(76-69-33-17-13-29-65(69)74(2)66-30-14-18-34-70(66)76)46-62(60)72(59)58-26-10-8-24-56(58)52-38-36-48-20-4-6-22-50(48)44-52/h3-13,15-29,31-46H,14,30H2,1-2H3. The van der Waals surface area contributed by atoms with Crippen LogP contribution in [0.5, 0.6) is 0 Å². The van der Waals surface area contributed by atoms with Gasteiger partial charge in [0.2, 0.25) is 0 Å². The maximum absolute atomic E-state index is 2.51. The molecule has 0 saturated carbocycles. The van der Waals surface area contributed by atoms with Crippen LogP contribution in [0.2, 0.25) is 0 Å². The zero-order chi connectivity index (χ0) is 50.4. The van der Waals surface area contributed by atoms with Gasteiger partial charge in [-0.15, -0.1) is 0 Å². The number of nitrogens with zero attached hydrogens (tertiary/aromatic N) is 4. The Hall–Kier alpha value is -9.64. The van der Waals surface area contributed by atoms with Gasteiger partial charge in [0.1, 0.15) is 0 Å². The minimum absolute atomic E-state index is 0.982.